The van der Waals surface area contributed by atoms with Gasteiger partial charge in [-0.2, -0.15) is 13.2 Å². The van der Waals surface area contributed by atoms with E-state index in [1.54, 1.807) is 0 Å². The fourth-order valence-electron chi connectivity index (χ4n) is 1.12. The first kappa shape index (κ1) is 15.3. The van der Waals surface area contributed by atoms with Crippen molar-refractivity contribution in [2.75, 3.05) is 6.54 Å². The maximum atomic E-state index is 12.0. The van der Waals surface area contributed by atoms with Gasteiger partial charge in [0.1, 0.15) is 12.3 Å². The van der Waals surface area contributed by atoms with Crippen molar-refractivity contribution in [3.05, 3.63) is 39.9 Å². The predicted octanol–water partition coefficient (Wildman–Crippen LogP) is 0.882. The van der Waals surface area contributed by atoms with Gasteiger partial charge in [-0.3, -0.25) is 15.4 Å². The van der Waals surface area contributed by atoms with Crippen molar-refractivity contribution in [2.45, 2.75) is 18.5 Å². The van der Waals surface area contributed by atoms with E-state index in [9.17, 15) is 23.3 Å². The summed E-state index contributed by atoms with van der Waals surface area (Å²) in [6, 6.07) is 3.29. The van der Waals surface area contributed by atoms with Crippen LogP contribution >= 0.6 is 0 Å². The smallest absolute Gasteiger partial charge is 0.388 e. The van der Waals surface area contributed by atoms with Gasteiger partial charge in [-0.25, -0.2) is 0 Å². The number of hydrogen-bond acceptors (Lipinski definition) is 5. The lowest BCUT2D eigenvalue weighted by molar-refractivity contribution is -0.385. The van der Waals surface area contributed by atoms with E-state index in [0.29, 0.717) is 12.6 Å². The molecule has 19 heavy (non-hydrogen) atoms. The molecule has 0 aromatic heterocycles. The summed E-state index contributed by atoms with van der Waals surface area (Å²) in [6.45, 7) is 0.529. The normalized spacial score (nSPS) is 21.9. The van der Waals surface area contributed by atoms with Crippen LogP contribution in [0.15, 0.2) is 24.3 Å². The van der Waals surface area contributed by atoms with Crippen LogP contribution in [0, 0.1) is 10.1 Å². The molecule has 0 amide bonds. The van der Waals surface area contributed by atoms with Gasteiger partial charge in [0.05, 0.1) is 10.5 Å². The van der Waals surface area contributed by atoms with Crippen LogP contribution in [0.1, 0.15) is 5.56 Å². The number of halogens is 3. The van der Waals surface area contributed by atoms with Crippen LogP contribution in [-0.4, -0.2) is 34.0 Å². The minimum atomic E-state index is -4.54. The molecular formula is C10H11F3N2O4. The molecule has 3 N–H and O–H groups in total. The summed E-state index contributed by atoms with van der Waals surface area (Å²) in [4.78, 5) is 9.25. The van der Waals surface area contributed by atoms with Crippen LogP contribution in [0.2, 0.25) is 0 Å². The van der Waals surface area contributed by atoms with Crippen molar-refractivity contribution >= 4 is 5.69 Å². The average Bonchev–Trinajstić information content (AvgIpc) is 2.36. The number of non-ortho nitro benzene ring substituents is 1. The highest BCUT2D eigenvalue weighted by atomic mass is 19.4. The third-order valence-corrected chi connectivity index (χ3v) is 2.28. The standard InChI is InChI=1S/C7H4F3NO2.C3H7NO2/c8-7(9,10)5-2-1-3-6(4-5)11(12)13;5-2-1-4-3(2)6/h1-4H;2-6H,1H2. The van der Waals surface area contributed by atoms with Gasteiger partial charge >= 0.3 is 6.18 Å². The maximum absolute atomic E-state index is 12.0. The lowest BCUT2D eigenvalue weighted by Gasteiger charge is -2.28. The van der Waals surface area contributed by atoms with Gasteiger partial charge in [-0.05, 0) is 6.07 Å². The highest BCUT2D eigenvalue weighted by Crippen LogP contribution is 2.30. The van der Waals surface area contributed by atoms with Crippen LogP contribution in [0.4, 0.5) is 18.9 Å². The molecule has 0 aliphatic carbocycles. The largest absolute Gasteiger partial charge is 0.416 e. The van der Waals surface area contributed by atoms with Crippen LogP contribution in [0.3, 0.4) is 0 Å². The molecule has 2 atom stereocenters. The molecule has 1 heterocycles. The summed E-state index contributed by atoms with van der Waals surface area (Å²) in [5.74, 6) is 0. The Kier molecular flexibility index (Phi) is 4.81. The van der Waals surface area contributed by atoms with Gasteiger partial charge < -0.3 is 10.2 Å². The Hall–Kier alpha value is -1.71. The molecule has 1 aliphatic rings. The quantitative estimate of drug-likeness (QED) is 0.524. The van der Waals surface area contributed by atoms with E-state index in [1.165, 1.54) is 0 Å². The van der Waals surface area contributed by atoms with E-state index < -0.39 is 34.7 Å². The van der Waals surface area contributed by atoms with Gasteiger partial charge in [0, 0.05) is 18.7 Å². The zero-order chi connectivity index (χ0) is 14.6. The first-order valence-corrected chi connectivity index (χ1v) is 5.13. The highest BCUT2D eigenvalue weighted by Gasteiger charge is 2.31. The van der Waals surface area contributed by atoms with Crippen molar-refractivity contribution in [3.63, 3.8) is 0 Å². The summed E-state index contributed by atoms with van der Waals surface area (Å²) >= 11 is 0. The predicted molar refractivity (Wildman–Crippen MR) is 58.1 cm³/mol. The first-order valence-electron chi connectivity index (χ1n) is 5.13. The van der Waals surface area contributed by atoms with Crippen LogP contribution in [-0.2, 0) is 6.18 Å². The van der Waals surface area contributed by atoms with E-state index in [1.807, 2.05) is 0 Å². The highest BCUT2D eigenvalue weighted by molar-refractivity contribution is 5.35. The average molecular weight is 280 g/mol. The minimum Gasteiger partial charge on any atom is -0.388 e. The fraction of sp³-hybridized carbons (Fsp3) is 0.400. The lowest BCUT2D eigenvalue weighted by Crippen LogP contribution is -2.56. The van der Waals surface area contributed by atoms with E-state index in [0.717, 1.165) is 18.2 Å². The number of benzene rings is 1. The number of rotatable bonds is 1. The molecule has 0 radical (unpaired) electrons. The maximum Gasteiger partial charge on any atom is 0.416 e. The number of aliphatic hydroxyl groups excluding tert-OH is 2. The number of aliphatic hydroxyl groups is 2. The van der Waals surface area contributed by atoms with Gasteiger partial charge in [-0.1, -0.05) is 6.07 Å². The van der Waals surface area contributed by atoms with Crippen LogP contribution < -0.4 is 5.32 Å². The lowest BCUT2D eigenvalue weighted by atomic mass is 10.2. The second-order valence-electron chi connectivity index (χ2n) is 3.73. The molecule has 1 saturated heterocycles. The Morgan fingerprint density at radius 2 is 1.95 bits per heavy atom. The number of β-amino-alcohol motifs (C(OH)–C–C–N with tert-alkyl or cyclic N) is 1. The third kappa shape index (κ3) is 4.47. The van der Waals surface area contributed by atoms with E-state index in [4.69, 9.17) is 10.2 Å². The molecule has 6 nitrogen and oxygen atoms in total. The number of nitro benzene ring substituents is 1. The second-order valence-corrected chi connectivity index (χ2v) is 3.73. The summed E-state index contributed by atoms with van der Waals surface area (Å²) < 4.78 is 36.0. The molecule has 0 saturated carbocycles. The summed E-state index contributed by atoms with van der Waals surface area (Å²) in [6.07, 6.45) is -5.72. The van der Waals surface area contributed by atoms with Crippen molar-refractivity contribution < 1.29 is 28.3 Å². The van der Waals surface area contributed by atoms with Gasteiger partial charge in [-0.15, -0.1) is 0 Å². The molecule has 106 valence electrons. The van der Waals surface area contributed by atoms with Crippen LogP contribution in [0.25, 0.3) is 0 Å². The van der Waals surface area contributed by atoms with Crippen molar-refractivity contribution in [3.8, 4) is 0 Å². The molecular weight excluding hydrogens is 269 g/mol. The molecule has 1 aromatic rings. The van der Waals surface area contributed by atoms with Gasteiger partial charge in [0.25, 0.3) is 5.69 Å². The third-order valence-electron chi connectivity index (χ3n) is 2.28. The zero-order valence-corrected chi connectivity index (χ0v) is 9.46. The number of nitrogens with one attached hydrogen (secondary N) is 1. The molecule has 2 unspecified atom stereocenters. The molecule has 1 aliphatic heterocycles. The zero-order valence-electron chi connectivity index (χ0n) is 9.46. The van der Waals surface area contributed by atoms with Crippen molar-refractivity contribution in [1.82, 2.24) is 5.32 Å². The molecule has 9 heteroatoms. The van der Waals surface area contributed by atoms with Crippen molar-refractivity contribution in [2.24, 2.45) is 0 Å². The number of alkyl halides is 3. The summed E-state index contributed by atoms with van der Waals surface area (Å²) in [5.41, 5.74) is -1.57. The van der Waals surface area contributed by atoms with Gasteiger partial charge in [0.15, 0.2) is 0 Å². The Morgan fingerprint density at radius 1 is 1.37 bits per heavy atom. The number of nitrogens with zero attached hydrogens (tertiary/aromatic N) is 1. The van der Waals surface area contributed by atoms with E-state index in [2.05, 4.69) is 5.32 Å². The number of hydrogen-bond donors (Lipinski definition) is 3. The fourth-order valence-corrected chi connectivity index (χ4v) is 1.12. The number of nitro groups is 1. The molecule has 1 fully saturated rings. The Balaban J connectivity index is 0.000000250. The summed E-state index contributed by atoms with van der Waals surface area (Å²) in [7, 11) is 0. The minimum absolute atomic E-state index is 0.500. The monoisotopic (exact) mass is 280 g/mol. The Morgan fingerprint density at radius 3 is 2.26 bits per heavy atom. The molecule has 0 spiro atoms. The summed E-state index contributed by atoms with van der Waals surface area (Å²) in [5, 5.41) is 29.4. The van der Waals surface area contributed by atoms with E-state index >= 15 is 0 Å². The second kappa shape index (κ2) is 5.95. The molecule has 0 bridgehead atoms. The van der Waals surface area contributed by atoms with Gasteiger partial charge in [0.2, 0.25) is 0 Å². The Labute approximate surface area is 105 Å². The van der Waals surface area contributed by atoms with Crippen molar-refractivity contribution in [1.29, 1.82) is 0 Å². The molecule has 2 rings (SSSR count). The SMILES string of the molecule is O=[N+]([O-])c1cccc(C(F)(F)F)c1.OC1CNC1O. The first-order chi connectivity index (χ1) is 8.71. The van der Waals surface area contributed by atoms with Crippen LogP contribution in [0.5, 0.6) is 0 Å². The Bertz CT molecular complexity index is 445. The topological polar surface area (TPSA) is 95.6 Å². The van der Waals surface area contributed by atoms with E-state index in [-0.39, 0.29) is 0 Å². The molecule has 1 aromatic carbocycles.